The van der Waals surface area contributed by atoms with Crippen molar-refractivity contribution in [2.75, 3.05) is 20.3 Å². The van der Waals surface area contributed by atoms with Gasteiger partial charge >= 0.3 is 0 Å². The zero-order valence-electron chi connectivity index (χ0n) is 11.4. The molecule has 0 N–H and O–H groups in total. The minimum Gasteiger partial charge on any atom is -0.493 e. The summed E-state index contributed by atoms with van der Waals surface area (Å²) >= 11 is 0. The third-order valence-electron chi connectivity index (χ3n) is 3.58. The van der Waals surface area contributed by atoms with E-state index in [0.717, 1.165) is 18.8 Å². The summed E-state index contributed by atoms with van der Waals surface area (Å²) in [6, 6.07) is 9.96. The first-order valence-corrected chi connectivity index (χ1v) is 6.27. The van der Waals surface area contributed by atoms with Crippen LogP contribution in [0, 0.1) is 11.3 Å². The topological polar surface area (TPSA) is 18.5 Å². The molecule has 0 aliphatic rings. The van der Waals surface area contributed by atoms with Gasteiger partial charge in [-0.3, -0.25) is 0 Å². The quantitative estimate of drug-likeness (QED) is 0.717. The van der Waals surface area contributed by atoms with E-state index >= 15 is 0 Å². The van der Waals surface area contributed by atoms with Crippen molar-refractivity contribution in [3.05, 3.63) is 30.3 Å². The Morgan fingerprint density at radius 1 is 1.12 bits per heavy atom. The number of hydrogen-bond acceptors (Lipinski definition) is 2. The molecular weight excluding hydrogens is 212 g/mol. The van der Waals surface area contributed by atoms with Crippen LogP contribution in [0.25, 0.3) is 0 Å². The average Bonchev–Trinajstić information content (AvgIpc) is 2.35. The summed E-state index contributed by atoms with van der Waals surface area (Å²) in [5.41, 5.74) is 0.241. The molecule has 1 unspecified atom stereocenters. The van der Waals surface area contributed by atoms with E-state index in [0.29, 0.717) is 12.5 Å². The van der Waals surface area contributed by atoms with Crippen LogP contribution in [0.5, 0.6) is 5.75 Å². The molecule has 0 saturated carbocycles. The predicted octanol–water partition coefficient (Wildman–Crippen LogP) is 3.76. The van der Waals surface area contributed by atoms with Gasteiger partial charge in [-0.25, -0.2) is 0 Å². The number of methoxy groups -OCH3 is 1. The number of ether oxygens (including phenoxy) is 2. The zero-order chi connectivity index (χ0) is 12.7. The Bertz CT molecular complexity index is 306. The van der Waals surface area contributed by atoms with Crippen molar-refractivity contribution in [1.29, 1.82) is 0 Å². The van der Waals surface area contributed by atoms with Crippen molar-refractivity contribution in [2.45, 2.75) is 27.2 Å². The zero-order valence-corrected chi connectivity index (χ0v) is 11.4. The fourth-order valence-electron chi connectivity index (χ4n) is 1.70. The summed E-state index contributed by atoms with van der Waals surface area (Å²) in [4.78, 5) is 0. The molecule has 1 aromatic carbocycles. The molecule has 0 spiro atoms. The lowest BCUT2D eigenvalue weighted by Gasteiger charge is -2.32. The van der Waals surface area contributed by atoms with Crippen molar-refractivity contribution < 1.29 is 9.47 Å². The Morgan fingerprint density at radius 2 is 1.76 bits per heavy atom. The summed E-state index contributed by atoms with van der Waals surface area (Å²) in [5.74, 6) is 1.35. The van der Waals surface area contributed by atoms with Crippen LogP contribution >= 0.6 is 0 Å². The number of hydrogen-bond donors (Lipinski definition) is 0. The van der Waals surface area contributed by atoms with E-state index in [1.54, 1.807) is 7.11 Å². The molecule has 0 saturated heterocycles. The van der Waals surface area contributed by atoms with Crippen molar-refractivity contribution in [2.24, 2.45) is 11.3 Å². The van der Waals surface area contributed by atoms with E-state index in [9.17, 15) is 0 Å². The molecule has 0 heterocycles. The maximum absolute atomic E-state index is 5.83. The minimum atomic E-state index is 0.241. The molecule has 2 nitrogen and oxygen atoms in total. The van der Waals surface area contributed by atoms with Crippen LogP contribution in [0.1, 0.15) is 27.2 Å². The number of para-hydroxylation sites is 1. The predicted molar refractivity (Wildman–Crippen MR) is 71.4 cm³/mol. The van der Waals surface area contributed by atoms with Gasteiger partial charge in [-0.15, -0.1) is 0 Å². The second kappa shape index (κ2) is 6.65. The Labute approximate surface area is 105 Å². The van der Waals surface area contributed by atoms with Gasteiger partial charge in [0.15, 0.2) is 0 Å². The van der Waals surface area contributed by atoms with Crippen LogP contribution in [-0.4, -0.2) is 20.3 Å². The molecule has 1 atom stereocenters. The smallest absolute Gasteiger partial charge is 0.119 e. The molecule has 1 aromatic rings. The Balaban J connectivity index is 2.56. The van der Waals surface area contributed by atoms with E-state index in [4.69, 9.17) is 9.47 Å². The van der Waals surface area contributed by atoms with Crippen LogP contribution in [0.2, 0.25) is 0 Å². The monoisotopic (exact) mass is 236 g/mol. The molecule has 1 rings (SSSR count). The largest absolute Gasteiger partial charge is 0.493 e. The summed E-state index contributed by atoms with van der Waals surface area (Å²) in [6.07, 6.45) is 1.12. The maximum atomic E-state index is 5.83. The molecule has 0 radical (unpaired) electrons. The highest BCUT2D eigenvalue weighted by Gasteiger charge is 2.28. The molecule has 0 bridgehead atoms. The normalized spacial score (nSPS) is 13.4. The van der Waals surface area contributed by atoms with Crippen LogP contribution in [0.15, 0.2) is 30.3 Å². The Hall–Kier alpha value is -1.02. The van der Waals surface area contributed by atoms with Gasteiger partial charge in [0.05, 0.1) is 13.2 Å². The highest BCUT2D eigenvalue weighted by Crippen LogP contribution is 2.31. The van der Waals surface area contributed by atoms with E-state index in [1.807, 2.05) is 30.3 Å². The Morgan fingerprint density at radius 3 is 2.29 bits per heavy atom. The third kappa shape index (κ3) is 4.39. The fraction of sp³-hybridized carbons (Fsp3) is 0.600. The lowest BCUT2D eigenvalue weighted by atomic mass is 9.77. The van der Waals surface area contributed by atoms with Crippen molar-refractivity contribution in [3.63, 3.8) is 0 Å². The first-order valence-electron chi connectivity index (χ1n) is 6.27. The van der Waals surface area contributed by atoms with E-state index in [1.165, 1.54) is 0 Å². The highest BCUT2D eigenvalue weighted by molar-refractivity contribution is 5.20. The molecule has 96 valence electrons. The van der Waals surface area contributed by atoms with Gasteiger partial charge in [-0.05, 0) is 17.5 Å². The van der Waals surface area contributed by atoms with Gasteiger partial charge in [0.25, 0.3) is 0 Å². The average molecular weight is 236 g/mol. The van der Waals surface area contributed by atoms with E-state index < -0.39 is 0 Å². The molecule has 0 fully saturated rings. The summed E-state index contributed by atoms with van der Waals surface area (Å²) in [5, 5.41) is 0. The van der Waals surface area contributed by atoms with Gasteiger partial charge in [-0.1, -0.05) is 45.4 Å². The maximum Gasteiger partial charge on any atom is 0.119 e. The van der Waals surface area contributed by atoms with Gasteiger partial charge in [-0.2, -0.15) is 0 Å². The molecule has 0 aliphatic heterocycles. The van der Waals surface area contributed by atoms with E-state index in [2.05, 4.69) is 20.8 Å². The molecule has 0 amide bonds. The molecule has 17 heavy (non-hydrogen) atoms. The lowest BCUT2D eigenvalue weighted by Crippen LogP contribution is -2.32. The first kappa shape index (κ1) is 14.0. The molecule has 2 heteroatoms. The molecule has 0 aliphatic carbocycles. The summed E-state index contributed by atoms with van der Waals surface area (Å²) < 4.78 is 11.1. The van der Waals surface area contributed by atoms with Crippen LogP contribution in [0.4, 0.5) is 0 Å². The third-order valence-corrected chi connectivity index (χ3v) is 3.58. The van der Waals surface area contributed by atoms with Gasteiger partial charge in [0, 0.05) is 13.0 Å². The SMILES string of the molecule is CCC(C)(C)C(COC)COc1ccccc1. The second-order valence-electron chi connectivity index (χ2n) is 5.12. The summed E-state index contributed by atoms with van der Waals surface area (Å²) in [6.45, 7) is 8.20. The molecule has 0 aromatic heterocycles. The van der Waals surface area contributed by atoms with Crippen molar-refractivity contribution in [3.8, 4) is 5.75 Å². The van der Waals surface area contributed by atoms with Gasteiger partial charge < -0.3 is 9.47 Å². The van der Waals surface area contributed by atoms with Crippen molar-refractivity contribution >= 4 is 0 Å². The minimum absolute atomic E-state index is 0.241. The van der Waals surface area contributed by atoms with Crippen LogP contribution in [0.3, 0.4) is 0 Å². The second-order valence-corrected chi connectivity index (χ2v) is 5.12. The first-order chi connectivity index (χ1) is 8.10. The molecular formula is C15H24O2. The fourth-order valence-corrected chi connectivity index (χ4v) is 1.70. The van der Waals surface area contributed by atoms with Gasteiger partial charge in [0.2, 0.25) is 0 Å². The number of rotatable bonds is 7. The standard InChI is InChI=1S/C15H24O2/c1-5-15(2,3)13(11-16-4)12-17-14-9-7-6-8-10-14/h6-10,13H,5,11-12H2,1-4H3. The van der Waals surface area contributed by atoms with Crippen molar-refractivity contribution in [1.82, 2.24) is 0 Å². The highest BCUT2D eigenvalue weighted by atomic mass is 16.5. The van der Waals surface area contributed by atoms with E-state index in [-0.39, 0.29) is 5.41 Å². The number of benzene rings is 1. The van der Waals surface area contributed by atoms with Gasteiger partial charge in [0.1, 0.15) is 5.75 Å². The Kier molecular flexibility index (Phi) is 5.49. The van der Waals surface area contributed by atoms with Crippen LogP contribution in [-0.2, 0) is 4.74 Å². The van der Waals surface area contributed by atoms with Crippen LogP contribution < -0.4 is 4.74 Å². The summed E-state index contributed by atoms with van der Waals surface area (Å²) in [7, 11) is 1.75. The lowest BCUT2D eigenvalue weighted by molar-refractivity contribution is 0.0441.